The zero-order valence-corrected chi connectivity index (χ0v) is 16.7. The number of aliphatic hydroxyl groups excluding tert-OH is 4. The molecule has 5 heteroatoms. The molecule has 4 nitrogen and oxygen atoms in total. The summed E-state index contributed by atoms with van der Waals surface area (Å²) >= 11 is 6.36. The minimum atomic E-state index is -1.86. The van der Waals surface area contributed by atoms with Crippen LogP contribution in [0.2, 0.25) is 5.02 Å². The van der Waals surface area contributed by atoms with E-state index in [1.165, 1.54) is 0 Å². The third-order valence-corrected chi connectivity index (χ3v) is 5.91. The number of benzene rings is 2. The molecule has 0 spiro atoms. The second kappa shape index (κ2) is 9.38. The molecule has 0 bridgehead atoms. The lowest BCUT2D eigenvalue weighted by Crippen LogP contribution is -2.51. The molecule has 1 saturated carbocycles. The molecular formula is C23H29ClO4. The van der Waals surface area contributed by atoms with Gasteiger partial charge in [0.1, 0.15) is 6.10 Å². The number of hydrogen-bond acceptors (Lipinski definition) is 4. The van der Waals surface area contributed by atoms with Crippen LogP contribution in [0.3, 0.4) is 0 Å². The van der Waals surface area contributed by atoms with E-state index in [2.05, 4.69) is 6.92 Å². The van der Waals surface area contributed by atoms with E-state index in [4.69, 9.17) is 14.3 Å². The van der Waals surface area contributed by atoms with Gasteiger partial charge in [-0.3, -0.25) is 0 Å². The quantitative estimate of drug-likeness (QED) is 0.594. The molecule has 0 radical (unpaired) electrons. The minimum Gasteiger partial charge on any atom is -0.396 e. The van der Waals surface area contributed by atoms with Gasteiger partial charge in [-0.25, -0.2) is 0 Å². The summed E-state index contributed by atoms with van der Waals surface area (Å²) in [5.41, 5.74) is 2.51. The van der Waals surface area contributed by atoms with Gasteiger partial charge in [-0.05, 0) is 47.5 Å². The molecule has 0 heterocycles. The van der Waals surface area contributed by atoms with Crippen LogP contribution in [-0.4, -0.2) is 45.3 Å². The van der Waals surface area contributed by atoms with Crippen molar-refractivity contribution in [1.29, 1.82) is 0 Å². The fourth-order valence-electron chi connectivity index (χ4n) is 3.91. The molecule has 0 aliphatic heterocycles. The Labute approximate surface area is 174 Å². The second-order valence-corrected chi connectivity index (χ2v) is 7.98. The molecule has 2 aromatic carbocycles. The highest BCUT2D eigenvalue weighted by Crippen LogP contribution is 2.38. The first kappa shape index (κ1) is 18.6. The number of halogens is 1. The molecule has 3 rings (SSSR count). The van der Waals surface area contributed by atoms with E-state index in [0.29, 0.717) is 11.1 Å². The summed E-state index contributed by atoms with van der Waals surface area (Å²) in [5.74, 6) is -1.13. The summed E-state index contributed by atoms with van der Waals surface area (Å²) in [5, 5.41) is 40.6. The van der Waals surface area contributed by atoms with Crippen LogP contribution in [0.25, 0.3) is 0 Å². The van der Waals surface area contributed by atoms with Crippen molar-refractivity contribution in [3.8, 4) is 0 Å². The van der Waals surface area contributed by atoms with Crippen molar-refractivity contribution in [3.63, 3.8) is 0 Å². The summed E-state index contributed by atoms with van der Waals surface area (Å²) in [7, 11) is 0. The lowest BCUT2D eigenvalue weighted by Gasteiger charge is -2.40. The molecule has 1 aliphatic rings. The Morgan fingerprint density at radius 3 is 2.32 bits per heavy atom. The Morgan fingerprint density at radius 2 is 1.68 bits per heavy atom. The number of aryl methyl sites for hydroxylation is 1. The molecule has 152 valence electrons. The van der Waals surface area contributed by atoms with Gasteiger partial charge in [0.15, 0.2) is 0 Å². The largest absolute Gasteiger partial charge is 0.396 e. The van der Waals surface area contributed by atoms with Crippen LogP contribution in [0, 0.1) is 5.92 Å². The first-order chi connectivity index (χ1) is 14.2. The smallest absolute Gasteiger partial charge is 0.107 e. The van der Waals surface area contributed by atoms with Gasteiger partial charge >= 0.3 is 0 Å². The van der Waals surface area contributed by atoms with Gasteiger partial charge in [0.2, 0.25) is 0 Å². The SMILES string of the molecule is [2H]C([2H])(c1ccc(CCC)cc1)c1cc([C@@H]2C[C@H](CO)[C@@H](O)[C@H](O)[C@H]2O)ccc1Cl. The van der Waals surface area contributed by atoms with Gasteiger partial charge < -0.3 is 20.4 Å². The summed E-state index contributed by atoms with van der Waals surface area (Å²) in [4.78, 5) is 0. The van der Waals surface area contributed by atoms with Crippen LogP contribution < -0.4 is 0 Å². The monoisotopic (exact) mass is 406 g/mol. The normalized spacial score (nSPS) is 29.3. The number of hydrogen-bond donors (Lipinski definition) is 4. The zero-order valence-electron chi connectivity index (χ0n) is 17.9. The molecule has 0 amide bonds. The van der Waals surface area contributed by atoms with E-state index in [1.54, 1.807) is 30.3 Å². The number of rotatable bonds is 6. The third kappa shape index (κ3) is 4.58. The van der Waals surface area contributed by atoms with Crippen LogP contribution in [0.4, 0.5) is 0 Å². The van der Waals surface area contributed by atoms with Gasteiger partial charge in [-0.15, -0.1) is 0 Å². The lowest BCUT2D eigenvalue weighted by atomic mass is 9.73. The Morgan fingerprint density at radius 1 is 1.00 bits per heavy atom. The predicted octanol–water partition coefficient (Wildman–Crippen LogP) is 3.06. The summed E-state index contributed by atoms with van der Waals surface area (Å²) < 4.78 is 17.4. The molecule has 28 heavy (non-hydrogen) atoms. The van der Waals surface area contributed by atoms with Gasteiger partial charge in [-0.1, -0.05) is 61.3 Å². The fourth-order valence-corrected chi connectivity index (χ4v) is 4.07. The molecular weight excluding hydrogens is 376 g/mol. The van der Waals surface area contributed by atoms with E-state index < -0.39 is 36.5 Å². The average Bonchev–Trinajstić information content (AvgIpc) is 2.73. The molecule has 5 atom stereocenters. The first-order valence-electron chi connectivity index (χ1n) is 10.7. The molecule has 2 aromatic rings. The van der Waals surface area contributed by atoms with Gasteiger partial charge in [-0.2, -0.15) is 0 Å². The highest BCUT2D eigenvalue weighted by atomic mass is 35.5. The van der Waals surface area contributed by atoms with Crippen molar-refractivity contribution >= 4 is 11.6 Å². The summed E-state index contributed by atoms with van der Waals surface area (Å²) in [6.45, 7) is 1.78. The van der Waals surface area contributed by atoms with Crippen LogP contribution in [0.15, 0.2) is 42.5 Å². The molecule has 4 N–H and O–H groups in total. The summed E-state index contributed by atoms with van der Waals surface area (Å²) in [6.07, 6.45) is -3.46. The predicted molar refractivity (Wildman–Crippen MR) is 111 cm³/mol. The Bertz CT molecular complexity index is 857. The molecule has 0 saturated heterocycles. The maximum absolute atomic E-state index is 10.5. The fraction of sp³-hybridized carbons (Fsp3) is 0.478. The van der Waals surface area contributed by atoms with Crippen molar-refractivity contribution in [2.75, 3.05) is 6.61 Å². The van der Waals surface area contributed by atoms with E-state index in [0.717, 1.165) is 18.4 Å². The van der Waals surface area contributed by atoms with Crippen molar-refractivity contribution < 1.29 is 23.2 Å². The van der Waals surface area contributed by atoms with Crippen molar-refractivity contribution in [3.05, 3.63) is 69.7 Å². The topological polar surface area (TPSA) is 80.9 Å². The Hall–Kier alpha value is -1.43. The first-order valence-corrected chi connectivity index (χ1v) is 10.1. The maximum atomic E-state index is 10.5. The standard InChI is InChI=1S/C23H29ClO4/c1-2-3-14-4-6-15(7-5-14)10-17-11-16(8-9-20(17)24)19-12-18(13-25)21(26)23(28)22(19)27/h4-9,11,18-19,21-23,25-28H,2-3,10,12-13H2,1H3/t18-,19+,21-,22+,23+/m1/s1/i10D2. The zero-order chi connectivity index (χ0) is 22.1. The van der Waals surface area contributed by atoms with Gasteiger partial charge in [0, 0.05) is 26.2 Å². The van der Waals surface area contributed by atoms with Crippen molar-refractivity contribution in [2.45, 2.75) is 56.8 Å². The summed E-state index contributed by atoms with van der Waals surface area (Å²) in [6, 6.07) is 12.3. The minimum absolute atomic E-state index is 0.269. The van der Waals surface area contributed by atoms with Crippen molar-refractivity contribution in [1.82, 2.24) is 0 Å². The third-order valence-electron chi connectivity index (χ3n) is 5.58. The highest BCUT2D eigenvalue weighted by Gasteiger charge is 2.42. The Balaban J connectivity index is 1.96. The second-order valence-electron chi connectivity index (χ2n) is 7.57. The molecule has 0 aromatic heterocycles. The number of aliphatic hydroxyl groups is 4. The van der Waals surface area contributed by atoms with Crippen LogP contribution in [0.1, 0.15) is 50.7 Å². The van der Waals surface area contributed by atoms with E-state index in [9.17, 15) is 20.4 Å². The van der Waals surface area contributed by atoms with Crippen LogP contribution in [0.5, 0.6) is 0 Å². The van der Waals surface area contributed by atoms with Crippen LogP contribution >= 0.6 is 11.6 Å². The van der Waals surface area contributed by atoms with Crippen molar-refractivity contribution in [2.24, 2.45) is 5.92 Å². The molecule has 1 aliphatic carbocycles. The van der Waals surface area contributed by atoms with E-state index >= 15 is 0 Å². The molecule has 0 unspecified atom stereocenters. The van der Waals surface area contributed by atoms with Gasteiger partial charge in [0.25, 0.3) is 0 Å². The van der Waals surface area contributed by atoms with Crippen LogP contribution in [-0.2, 0) is 12.8 Å². The molecule has 1 fully saturated rings. The van der Waals surface area contributed by atoms with E-state index in [-0.39, 0.29) is 23.6 Å². The average molecular weight is 407 g/mol. The lowest BCUT2D eigenvalue weighted by molar-refractivity contribution is -0.127. The van der Waals surface area contributed by atoms with Gasteiger partial charge in [0.05, 0.1) is 12.2 Å². The van der Waals surface area contributed by atoms with E-state index in [1.807, 2.05) is 12.1 Å². The maximum Gasteiger partial charge on any atom is 0.107 e. The Kier molecular flexibility index (Phi) is 6.23. The highest BCUT2D eigenvalue weighted by molar-refractivity contribution is 6.31.